The highest BCUT2D eigenvalue weighted by Gasteiger charge is 2.16. The third kappa shape index (κ3) is 3.96. The van der Waals surface area contributed by atoms with E-state index in [1.54, 1.807) is 6.07 Å². The Morgan fingerprint density at radius 1 is 1.21 bits per heavy atom. The zero-order valence-electron chi connectivity index (χ0n) is 12.7. The summed E-state index contributed by atoms with van der Waals surface area (Å²) in [5.74, 6) is -1.29. The van der Waals surface area contributed by atoms with Gasteiger partial charge in [0.25, 0.3) is 0 Å². The predicted octanol–water partition coefficient (Wildman–Crippen LogP) is 2.17. The molecule has 6 nitrogen and oxygen atoms in total. The third-order valence-electron chi connectivity index (χ3n) is 3.41. The van der Waals surface area contributed by atoms with Gasteiger partial charge in [-0.15, -0.1) is 0 Å². The van der Waals surface area contributed by atoms with E-state index < -0.39 is 22.9 Å². The molecule has 24 heavy (non-hydrogen) atoms. The first-order valence-electron chi connectivity index (χ1n) is 6.94. The molecular weight excluding hydrogens is 355 g/mol. The number of aromatic hydroxyl groups is 1. The van der Waals surface area contributed by atoms with E-state index in [9.17, 15) is 19.5 Å². The lowest BCUT2D eigenvalue weighted by molar-refractivity contribution is -0.121. The number of nitrogens with one attached hydrogen (secondary N) is 1. The maximum absolute atomic E-state index is 12.1. The van der Waals surface area contributed by atoms with Crippen LogP contribution in [-0.2, 0) is 11.3 Å². The number of carbonyl (C=O) groups is 2. The monoisotopic (exact) mass is 368 g/mol. The number of hydrogen-bond donors (Lipinski definition) is 2. The van der Waals surface area contributed by atoms with Gasteiger partial charge in [0.2, 0.25) is 11.3 Å². The van der Waals surface area contributed by atoms with Gasteiger partial charge in [-0.25, -0.2) is 0 Å². The van der Waals surface area contributed by atoms with Crippen molar-refractivity contribution in [3.63, 3.8) is 0 Å². The Morgan fingerprint density at radius 2 is 1.83 bits per heavy atom. The highest BCUT2D eigenvalue weighted by Crippen LogP contribution is 2.24. The normalized spacial score (nSPS) is 10.5. The van der Waals surface area contributed by atoms with Crippen LogP contribution in [-0.4, -0.2) is 27.9 Å². The largest absolute Gasteiger partial charge is 0.503 e. The average molecular weight is 369 g/mol. The second kappa shape index (κ2) is 7.51. The number of benzene rings is 1. The number of carbonyl (C=O) groups excluding carboxylic acids is 2. The Balaban J connectivity index is 2.03. The molecule has 0 spiro atoms. The molecule has 1 aromatic heterocycles. The number of hydrogen-bond acceptors (Lipinski definition) is 4. The zero-order chi connectivity index (χ0) is 17.9. The number of nitrogens with zero attached hydrogens (tertiary/aromatic N) is 1. The minimum absolute atomic E-state index is 0.150. The molecule has 0 unspecified atom stereocenters. The lowest BCUT2D eigenvalue weighted by Gasteiger charge is -2.12. The molecular formula is C16H14Cl2N2O4. The first-order valence-corrected chi connectivity index (χ1v) is 7.69. The molecule has 0 radical (unpaired) electrons. The van der Waals surface area contributed by atoms with Crippen LogP contribution in [0.4, 0.5) is 0 Å². The van der Waals surface area contributed by atoms with Gasteiger partial charge < -0.3 is 15.0 Å². The molecule has 0 saturated carbocycles. The highest BCUT2D eigenvalue weighted by atomic mass is 35.5. The van der Waals surface area contributed by atoms with Gasteiger partial charge in [0, 0.05) is 12.3 Å². The van der Waals surface area contributed by atoms with Gasteiger partial charge in [0.05, 0.1) is 27.8 Å². The summed E-state index contributed by atoms with van der Waals surface area (Å²) in [5, 5.41) is 12.5. The molecule has 2 aromatic rings. The maximum Gasteiger partial charge on any atom is 0.240 e. The van der Waals surface area contributed by atoms with E-state index in [1.807, 2.05) is 0 Å². The van der Waals surface area contributed by atoms with Crippen molar-refractivity contribution in [3.8, 4) is 5.75 Å². The van der Waals surface area contributed by atoms with Crippen molar-refractivity contribution in [2.24, 2.45) is 0 Å². The second-order valence-electron chi connectivity index (χ2n) is 5.04. The van der Waals surface area contributed by atoms with Crippen LogP contribution in [0.25, 0.3) is 0 Å². The zero-order valence-corrected chi connectivity index (χ0v) is 14.2. The van der Waals surface area contributed by atoms with Crippen molar-refractivity contribution in [1.29, 1.82) is 0 Å². The molecule has 1 amide bonds. The molecule has 0 fully saturated rings. The molecule has 0 saturated heterocycles. The lowest BCUT2D eigenvalue weighted by Crippen LogP contribution is -2.33. The van der Waals surface area contributed by atoms with Gasteiger partial charge in [-0.05, 0) is 19.1 Å². The summed E-state index contributed by atoms with van der Waals surface area (Å²) >= 11 is 11.9. The number of rotatable bonds is 5. The summed E-state index contributed by atoms with van der Waals surface area (Å²) < 4.78 is 1.40. The fraction of sp³-hybridized carbons (Fsp3) is 0.188. The number of aromatic nitrogens is 1. The van der Waals surface area contributed by atoms with E-state index in [0.29, 0.717) is 0 Å². The molecule has 0 atom stereocenters. The van der Waals surface area contributed by atoms with Crippen LogP contribution in [0.3, 0.4) is 0 Å². The van der Waals surface area contributed by atoms with Crippen LogP contribution in [0.5, 0.6) is 5.75 Å². The van der Waals surface area contributed by atoms with Crippen LogP contribution >= 0.6 is 23.2 Å². The van der Waals surface area contributed by atoms with Crippen molar-refractivity contribution >= 4 is 34.9 Å². The van der Waals surface area contributed by atoms with Gasteiger partial charge in [0.1, 0.15) is 6.54 Å². The van der Waals surface area contributed by atoms with E-state index >= 15 is 0 Å². The van der Waals surface area contributed by atoms with Crippen LogP contribution < -0.4 is 10.7 Å². The number of Topliss-reactive ketones (excluding diaryl/α,β-unsaturated/α-hetero) is 1. The summed E-state index contributed by atoms with van der Waals surface area (Å²) in [7, 11) is 0. The standard InChI is InChI=1S/C16H14Cl2N2O4/c1-9-16(24)12(21)5-6-20(9)8-14(23)19-7-13(22)15-10(17)3-2-4-11(15)18/h2-6,24H,7-8H2,1H3,(H,19,23). The van der Waals surface area contributed by atoms with Gasteiger partial charge in [-0.2, -0.15) is 0 Å². The van der Waals surface area contributed by atoms with Gasteiger partial charge in [0.15, 0.2) is 11.5 Å². The van der Waals surface area contributed by atoms with E-state index in [1.165, 1.54) is 29.8 Å². The molecule has 8 heteroatoms. The summed E-state index contributed by atoms with van der Waals surface area (Å²) in [4.78, 5) is 35.4. The molecule has 2 N–H and O–H groups in total. The first kappa shape index (κ1) is 18.0. The second-order valence-corrected chi connectivity index (χ2v) is 5.85. The number of pyridine rings is 1. The van der Waals surface area contributed by atoms with Crippen LogP contribution in [0, 0.1) is 6.92 Å². The number of ketones is 1. The molecule has 1 aromatic carbocycles. The van der Waals surface area contributed by atoms with Crippen LogP contribution in [0.1, 0.15) is 16.1 Å². The van der Waals surface area contributed by atoms with E-state index in [4.69, 9.17) is 23.2 Å². The molecule has 0 bridgehead atoms. The first-order chi connectivity index (χ1) is 11.3. The quantitative estimate of drug-likeness (QED) is 0.791. The molecule has 2 rings (SSSR count). The average Bonchev–Trinajstić information content (AvgIpc) is 2.53. The van der Waals surface area contributed by atoms with Gasteiger partial charge >= 0.3 is 0 Å². The van der Waals surface area contributed by atoms with E-state index in [2.05, 4.69) is 5.32 Å². The molecule has 0 aliphatic heterocycles. The minimum atomic E-state index is -0.521. The topological polar surface area (TPSA) is 88.4 Å². The van der Waals surface area contributed by atoms with Crippen molar-refractivity contribution in [3.05, 3.63) is 62.0 Å². The summed E-state index contributed by atoms with van der Waals surface area (Å²) in [6, 6.07) is 5.85. The SMILES string of the molecule is Cc1c(O)c(=O)ccn1CC(=O)NCC(=O)c1c(Cl)cccc1Cl. The van der Waals surface area contributed by atoms with Crippen molar-refractivity contribution in [1.82, 2.24) is 9.88 Å². The molecule has 126 valence electrons. The minimum Gasteiger partial charge on any atom is -0.503 e. The van der Waals surface area contributed by atoms with E-state index in [0.717, 1.165) is 6.07 Å². The molecule has 1 heterocycles. The maximum atomic E-state index is 12.1. The summed E-state index contributed by atoms with van der Waals surface area (Å²) in [6.07, 6.45) is 1.39. The molecule has 0 aliphatic rings. The molecule has 0 aliphatic carbocycles. The Hall–Kier alpha value is -2.31. The lowest BCUT2D eigenvalue weighted by atomic mass is 10.1. The fourth-order valence-corrected chi connectivity index (χ4v) is 2.68. The number of amides is 1. The third-order valence-corrected chi connectivity index (χ3v) is 4.04. The Labute approximate surface area is 147 Å². The smallest absolute Gasteiger partial charge is 0.240 e. The summed E-state index contributed by atoms with van der Waals surface area (Å²) in [5.41, 5.74) is -0.107. The van der Waals surface area contributed by atoms with Crippen LogP contribution in [0.15, 0.2) is 35.3 Å². The van der Waals surface area contributed by atoms with Gasteiger partial charge in [-0.3, -0.25) is 14.4 Å². The van der Waals surface area contributed by atoms with Crippen molar-refractivity contribution in [2.45, 2.75) is 13.5 Å². The Bertz CT molecular complexity index is 841. The van der Waals surface area contributed by atoms with E-state index in [-0.39, 0.29) is 34.4 Å². The predicted molar refractivity (Wildman–Crippen MR) is 90.9 cm³/mol. The van der Waals surface area contributed by atoms with Crippen molar-refractivity contribution in [2.75, 3.05) is 6.54 Å². The fourth-order valence-electron chi connectivity index (χ4n) is 2.08. The van der Waals surface area contributed by atoms with Gasteiger partial charge in [-0.1, -0.05) is 29.3 Å². The Morgan fingerprint density at radius 3 is 2.46 bits per heavy atom. The van der Waals surface area contributed by atoms with Crippen molar-refractivity contribution < 1.29 is 14.7 Å². The highest BCUT2D eigenvalue weighted by molar-refractivity contribution is 6.40. The van der Waals surface area contributed by atoms with Crippen LogP contribution in [0.2, 0.25) is 10.0 Å². The number of halogens is 2. The Kier molecular flexibility index (Phi) is 5.64. The summed E-state index contributed by atoms with van der Waals surface area (Å²) in [6.45, 7) is 1.09.